The molecule has 3 aromatic rings. The number of esters is 1. The van der Waals surface area contributed by atoms with E-state index < -0.39 is 0 Å². The van der Waals surface area contributed by atoms with Gasteiger partial charge in [-0.1, -0.05) is 12.1 Å². The lowest BCUT2D eigenvalue weighted by molar-refractivity contribution is -0.139. The fourth-order valence-corrected chi connectivity index (χ4v) is 3.03. The predicted octanol–water partition coefficient (Wildman–Crippen LogP) is 3.88. The van der Waals surface area contributed by atoms with E-state index >= 15 is 0 Å². The van der Waals surface area contributed by atoms with Crippen molar-refractivity contribution in [2.45, 2.75) is 13.3 Å². The van der Waals surface area contributed by atoms with E-state index in [4.69, 9.17) is 14.2 Å². The summed E-state index contributed by atoms with van der Waals surface area (Å²) in [6.07, 6.45) is 0.215. The molecule has 0 saturated heterocycles. The number of carbonyl (C=O) groups excluding carboxylic acids is 1. The molecular weight excluding hydrogens is 318 g/mol. The van der Waals surface area contributed by atoms with E-state index in [2.05, 4.69) is 4.98 Å². The Kier molecular flexibility index (Phi) is 4.65. The molecule has 0 unspecified atom stereocenters. The fourth-order valence-electron chi connectivity index (χ4n) is 3.03. The average molecular weight is 339 g/mol. The third kappa shape index (κ3) is 3.18. The molecule has 0 atom stereocenters. The van der Waals surface area contributed by atoms with Crippen LogP contribution in [0.3, 0.4) is 0 Å². The molecule has 5 heteroatoms. The van der Waals surface area contributed by atoms with E-state index in [9.17, 15) is 4.79 Å². The zero-order valence-corrected chi connectivity index (χ0v) is 14.8. The van der Waals surface area contributed by atoms with Crippen molar-refractivity contribution < 1.29 is 19.0 Å². The van der Waals surface area contributed by atoms with Gasteiger partial charge in [-0.3, -0.25) is 4.79 Å². The summed E-state index contributed by atoms with van der Waals surface area (Å²) in [5.41, 5.74) is 4.83. The number of hydrogen-bond acceptors (Lipinski definition) is 4. The van der Waals surface area contributed by atoms with Crippen LogP contribution in [0, 0.1) is 6.92 Å². The van der Waals surface area contributed by atoms with Crippen LogP contribution < -0.4 is 9.47 Å². The van der Waals surface area contributed by atoms with Crippen LogP contribution in [0.2, 0.25) is 0 Å². The Balaban J connectivity index is 2.24. The van der Waals surface area contributed by atoms with Gasteiger partial charge in [-0.05, 0) is 42.3 Å². The normalized spacial score (nSPS) is 10.7. The number of rotatable bonds is 5. The summed E-state index contributed by atoms with van der Waals surface area (Å²) in [4.78, 5) is 15.2. The zero-order valence-electron chi connectivity index (χ0n) is 14.8. The molecule has 1 aromatic heterocycles. The highest BCUT2D eigenvalue weighted by Gasteiger charge is 2.17. The van der Waals surface area contributed by atoms with Crippen LogP contribution in [0.1, 0.15) is 11.3 Å². The molecule has 0 aliphatic rings. The SMILES string of the molecule is COC(=O)Cc1c(C)[nH]c2c(-c3cccc(OC)c3)cc(OC)cc12. The van der Waals surface area contributed by atoms with Crippen LogP contribution in [0.5, 0.6) is 11.5 Å². The van der Waals surface area contributed by atoms with Crippen molar-refractivity contribution in [3.63, 3.8) is 0 Å². The van der Waals surface area contributed by atoms with Crippen LogP contribution in [-0.2, 0) is 16.0 Å². The van der Waals surface area contributed by atoms with Crippen molar-refractivity contribution >= 4 is 16.9 Å². The Bertz CT molecular complexity index is 927. The molecule has 130 valence electrons. The maximum atomic E-state index is 11.8. The summed E-state index contributed by atoms with van der Waals surface area (Å²) < 4.78 is 15.6. The molecule has 5 nitrogen and oxygen atoms in total. The van der Waals surface area contributed by atoms with Crippen LogP contribution in [0.25, 0.3) is 22.0 Å². The highest BCUT2D eigenvalue weighted by Crippen LogP contribution is 2.36. The number of H-pyrrole nitrogens is 1. The number of aryl methyl sites for hydroxylation is 1. The Labute approximate surface area is 146 Å². The third-order valence-electron chi connectivity index (χ3n) is 4.37. The van der Waals surface area contributed by atoms with Gasteiger partial charge in [-0.2, -0.15) is 0 Å². The van der Waals surface area contributed by atoms with Crippen molar-refractivity contribution in [2.24, 2.45) is 0 Å². The van der Waals surface area contributed by atoms with Crippen molar-refractivity contribution in [2.75, 3.05) is 21.3 Å². The van der Waals surface area contributed by atoms with Gasteiger partial charge in [0.05, 0.1) is 33.3 Å². The summed E-state index contributed by atoms with van der Waals surface area (Å²) in [5, 5.41) is 0.958. The number of methoxy groups -OCH3 is 3. The number of ether oxygens (including phenoxy) is 3. The molecule has 0 fully saturated rings. The molecule has 2 aromatic carbocycles. The van der Waals surface area contributed by atoms with E-state index in [-0.39, 0.29) is 12.4 Å². The van der Waals surface area contributed by atoms with Crippen LogP contribution in [0.4, 0.5) is 0 Å². The van der Waals surface area contributed by atoms with Gasteiger partial charge in [0.25, 0.3) is 0 Å². The monoisotopic (exact) mass is 339 g/mol. The van der Waals surface area contributed by atoms with Crippen LogP contribution in [-0.4, -0.2) is 32.3 Å². The van der Waals surface area contributed by atoms with Gasteiger partial charge in [0.15, 0.2) is 0 Å². The lowest BCUT2D eigenvalue weighted by atomic mass is 9.99. The lowest BCUT2D eigenvalue weighted by Crippen LogP contribution is -2.05. The minimum absolute atomic E-state index is 0.215. The summed E-state index contributed by atoms with van der Waals surface area (Å²) in [6, 6.07) is 11.8. The molecule has 3 rings (SSSR count). The molecule has 0 amide bonds. The van der Waals surface area contributed by atoms with Crippen molar-refractivity contribution in [1.29, 1.82) is 0 Å². The summed E-state index contributed by atoms with van der Waals surface area (Å²) in [5.74, 6) is 1.25. The summed E-state index contributed by atoms with van der Waals surface area (Å²) >= 11 is 0. The molecule has 0 radical (unpaired) electrons. The molecular formula is C20H21NO4. The van der Waals surface area contributed by atoms with E-state index in [0.29, 0.717) is 0 Å². The first-order valence-corrected chi connectivity index (χ1v) is 7.97. The Morgan fingerprint density at radius 3 is 2.48 bits per heavy atom. The van der Waals surface area contributed by atoms with Gasteiger partial charge in [0.1, 0.15) is 11.5 Å². The second kappa shape index (κ2) is 6.89. The first-order valence-electron chi connectivity index (χ1n) is 7.97. The third-order valence-corrected chi connectivity index (χ3v) is 4.37. The number of hydrogen-bond donors (Lipinski definition) is 1. The Hall–Kier alpha value is -2.95. The molecule has 0 saturated carbocycles. The second-order valence-corrected chi connectivity index (χ2v) is 5.81. The van der Waals surface area contributed by atoms with Gasteiger partial charge in [0.2, 0.25) is 0 Å². The summed E-state index contributed by atoms with van der Waals surface area (Å²) in [7, 11) is 4.68. The van der Waals surface area contributed by atoms with Gasteiger partial charge in [0, 0.05) is 16.6 Å². The second-order valence-electron chi connectivity index (χ2n) is 5.81. The lowest BCUT2D eigenvalue weighted by Gasteiger charge is -2.09. The number of carbonyl (C=O) groups is 1. The minimum Gasteiger partial charge on any atom is -0.497 e. The van der Waals surface area contributed by atoms with Gasteiger partial charge in [-0.15, -0.1) is 0 Å². The molecule has 0 bridgehead atoms. The topological polar surface area (TPSA) is 60.6 Å². The van der Waals surface area contributed by atoms with Gasteiger partial charge >= 0.3 is 5.97 Å². The standard InChI is InChI=1S/C20H21NO4/c1-12-16(11-19(22)25-4)18-10-15(24-3)9-17(20(18)21-12)13-6-5-7-14(8-13)23-2/h5-10,21H,11H2,1-4H3. The van der Waals surface area contributed by atoms with Crippen LogP contribution >= 0.6 is 0 Å². The molecule has 25 heavy (non-hydrogen) atoms. The molecule has 0 aliphatic carbocycles. The smallest absolute Gasteiger partial charge is 0.310 e. The quantitative estimate of drug-likeness (QED) is 0.717. The number of benzene rings is 2. The number of aromatic amines is 1. The average Bonchev–Trinajstić information content (AvgIpc) is 2.96. The number of aromatic nitrogens is 1. The maximum Gasteiger partial charge on any atom is 0.310 e. The maximum absolute atomic E-state index is 11.8. The van der Waals surface area contributed by atoms with E-state index in [1.165, 1.54) is 7.11 Å². The Morgan fingerprint density at radius 2 is 1.80 bits per heavy atom. The highest BCUT2D eigenvalue weighted by molar-refractivity contribution is 5.99. The van der Waals surface area contributed by atoms with Gasteiger partial charge in [-0.25, -0.2) is 0 Å². The molecule has 0 aliphatic heterocycles. The highest BCUT2D eigenvalue weighted by atomic mass is 16.5. The minimum atomic E-state index is -0.269. The number of nitrogens with one attached hydrogen (secondary N) is 1. The van der Waals surface area contributed by atoms with Crippen molar-refractivity contribution in [3.8, 4) is 22.6 Å². The zero-order chi connectivity index (χ0) is 18.0. The first-order chi connectivity index (χ1) is 12.1. The van der Waals surface area contributed by atoms with E-state index in [0.717, 1.165) is 44.8 Å². The van der Waals surface area contributed by atoms with Crippen molar-refractivity contribution in [3.05, 3.63) is 47.7 Å². The first kappa shape index (κ1) is 16.9. The largest absolute Gasteiger partial charge is 0.497 e. The molecule has 1 N–H and O–H groups in total. The van der Waals surface area contributed by atoms with E-state index in [1.807, 2.05) is 43.3 Å². The van der Waals surface area contributed by atoms with E-state index in [1.54, 1.807) is 14.2 Å². The molecule has 0 spiro atoms. The van der Waals surface area contributed by atoms with Gasteiger partial charge < -0.3 is 19.2 Å². The molecule has 1 heterocycles. The van der Waals surface area contributed by atoms with Crippen LogP contribution in [0.15, 0.2) is 36.4 Å². The summed E-state index contributed by atoms with van der Waals surface area (Å²) in [6.45, 7) is 1.96. The predicted molar refractivity (Wildman–Crippen MR) is 97.3 cm³/mol. The Morgan fingerprint density at radius 1 is 1.04 bits per heavy atom. The number of fused-ring (bicyclic) bond motifs is 1. The fraction of sp³-hybridized carbons (Fsp3) is 0.250. The van der Waals surface area contributed by atoms with Crippen molar-refractivity contribution in [1.82, 2.24) is 4.98 Å².